The zero-order valence-corrected chi connectivity index (χ0v) is 15.8. The van der Waals surface area contributed by atoms with Crippen molar-refractivity contribution in [1.29, 1.82) is 0 Å². The molecule has 0 aliphatic carbocycles. The first-order valence-corrected chi connectivity index (χ1v) is 8.58. The Morgan fingerprint density at radius 1 is 1.36 bits per heavy atom. The van der Waals surface area contributed by atoms with Crippen molar-refractivity contribution in [2.45, 2.75) is 13.2 Å². The molecule has 1 atom stereocenters. The Hall–Kier alpha value is -2.20. The van der Waals surface area contributed by atoms with Gasteiger partial charge in [0.25, 0.3) is 5.69 Å². The number of nitro groups is 1. The molecular formula is C16H11ClIN3O4. The highest BCUT2D eigenvalue weighted by atomic mass is 127. The van der Waals surface area contributed by atoms with Gasteiger partial charge >= 0.3 is 0 Å². The van der Waals surface area contributed by atoms with Crippen LogP contribution in [-0.2, 0) is 9.53 Å². The molecule has 0 N–H and O–H groups in total. The van der Waals surface area contributed by atoms with E-state index in [-0.39, 0.29) is 22.5 Å². The predicted octanol–water partition coefficient (Wildman–Crippen LogP) is 4.09. The maximum Gasteiger partial charge on any atom is 0.288 e. The molecule has 0 saturated heterocycles. The number of benzene rings is 2. The molecule has 9 heteroatoms. The molecular weight excluding hydrogens is 461 g/mol. The Balaban J connectivity index is 2.01. The van der Waals surface area contributed by atoms with Crippen LogP contribution in [0.4, 0.5) is 5.69 Å². The van der Waals surface area contributed by atoms with E-state index in [0.29, 0.717) is 5.56 Å². The molecule has 2 aromatic carbocycles. The van der Waals surface area contributed by atoms with Crippen LogP contribution in [0.15, 0.2) is 47.6 Å². The van der Waals surface area contributed by atoms with Crippen LogP contribution in [0.5, 0.6) is 0 Å². The summed E-state index contributed by atoms with van der Waals surface area (Å²) in [6.45, 7) is 1.35. The van der Waals surface area contributed by atoms with E-state index in [0.717, 1.165) is 14.1 Å². The molecule has 0 fully saturated rings. The molecule has 0 radical (unpaired) electrons. The Morgan fingerprint density at radius 3 is 2.72 bits per heavy atom. The highest BCUT2D eigenvalue weighted by Gasteiger charge is 2.34. The van der Waals surface area contributed by atoms with E-state index in [2.05, 4.69) is 27.7 Å². The first-order chi connectivity index (χ1) is 11.9. The Bertz CT molecular complexity index is 903. The van der Waals surface area contributed by atoms with Gasteiger partial charge in [-0.15, -0.1) is 5.10 Å². The SMILES string of the molecule is CC(=O)N1N=C(c2ccccc2I)OC1c1ccc(Cl)c([N+](=O)[O-])c1. The van der Waals surface area contributed by atoms with Gasteiger partial charge in [0, 0.05) is 22.1 Å². The van der Waals surface area contributed by atoms with Gasteiger partial charge in [-0.25, -0.2) is 0 Å². The molecule has 0 spiro atoms. The summed E-state index contributed by atoms with van der Waals surface area (Å²) in [4.78, 5) is 22.5. The molecule has 1 unspecified atom stereocenters. The predicted molar refractivity (Wildman–Crippen MR) is 100 cm³/mol. The van der Waals surface area contributed by atoms with Crippen molar-refractivity contribution in [2.75, 3.05) is 0 Å². The van der Waals surface area contributed by atoms with Crippen LogP contribution < -0.4 is 0 Å². The van der Waals surface area contributed by atoms with Crippen molar-refractivity contribution < 1.29 is 14.5 Å². The maximum absolute atomic E-state index is 12.0. The summed E-state index contributed by atoms with van der Waals surface area (Å²) in [6, 6.07) is 11.7. The Kier molecular flexibility index (Phi) is 4.91. The third-order valence-corrected chi connectivity index (χ3v) is 4.78. The molecule has 1 heterocycles. The van der Waals surface area contributed by atoms with Crippen molar-refractivity contribution >= 4 is 51.7 Å². The summed E-state index contributed by atoms with van der Waals surface area (Å²) in [5, 5.41) is 16.5. The molecule has 128 valence electrons. The zero-order chi connectivity index (χ0) is 18.1. The summed E-state index contributed by atoms with van der Waals surface area (Å²) in [7, 11) is 0. The van der Waals surface area contributed by atoms with Crippen molar-refractivity contribution in [1.82, 2.24) is 5.01 Å². The molecule has 7 nitrogen and oxygen atoms in total. The van der Waals surface area contributed by atoms with E-state index in [4.69, 9.17) is 16.3 Å². The van der Waals surface area contributed by atoms with Gasteiger partial charge in [0.2, 0.25) is 18.0 Å². The Morgan fingerprint density at radius 2 is 2.08 bits per heavy atom. The summed E-state index contributed by atoms with van der Waals surface area (Å²) >= 11 is 7.99. The number of hydrogen-bond acceptors (Lipinski definition) is 5. The number of nitrogens with zero attached hydrogens (tertiary/aromatic N) is 3. The number of hydrazone groups is 1. The smallest absolute Gasteiger partial charge is 0.288 e. The number of carbonyl (C=O) groups is 1. The molecule has 1 aliphatic rings. The molecule has 0 aromatic heterocycles. The normalized spacial score (nSPS) is 16.4. The largest absolute Gasteiger partial charge is 0.446 e. The molecule has 0 saturated carbocycles. The van der Waals surface area contributed by atoms with Crippen molar-refractivity contribution in [3.05, 3.63) is 72.3 Å². The third-order valence-electron chi connectivity index (χ3n) is 3.52. The van der Waals surface area contributed by atoms with E-state index in [9.17, 15) is 14.9 Å². The number of halogens is 2. The highest BCUT2D eigenvalue weighted by molar-refractivity contribution is 14.1. The van der Waals surface area contributed by atoms with Crippen molar-refractivity contribution in [2.24, 2.45) is 5.10 Å². The molecule has 3 rings (SSSR count). The van der Waals surface area contributed by atoms with E-state index < -0.39 is 11.2 Å². The van der Waals surface area contributed by atoms with Gasteiger partial charge in [-0.2, -0.15) is 5.01 Å². The van der Waals surface area contributed by atoms with E-state index in [1.165, 1.54) is 19.1 Å². The number of rotatable bonds is 3. The van der Waals surface area contributed by atoms with Gasteiger partial charge in [0.1, 0.15) is 5.02 Å². The summed E-state index contributed by atoms with van der Waals surface area (Å²) in [5.41, 5.74) is 0.894. The minimum absolute atomic E-state index is 0.0138. The highest BCUT2D eigenvalue weighted by Crippen LogP contribution is 2.35. The van der Waals surface area contributed by atoms with Crippen LogP contribution in [0.2, 0.25) is 5.02 Å². The second-order valence-corrected chi connectivity index (χ2v) is 6.76. The fourth-order valence-corrected chi connectivity index (χ4v) is 3.15. The van der Waals surface area contributed by atoms with Crippen LogP contribution in [0.1, 0.15) is 24.3 Å². The lowest BCUT2D eigenvalue weighted by atomic mass is 10.1. The number of carbonyl (C=O) groups excluding carboxylic acids is 1. The van der Waals surface area contributed by atoms with Gasteiger partial charge in [-0.05, 0) is 40.8 Å². The molecule has 0 bridgehead atoms. The number of nitro benzene ring substituents is 1. The van der Waals surface area contributed by atoms with Gasteiger partial charge in [0.05, 0.1) is 10.5 Å². The number of hydrogen-bond donors (Lipinski definition) is 0. The summed E-state index contributed by atoms with van der Waals surface area (Å²) < 4.78 is 6.75. The van der Waals surface area contributed by atoms with Gasteiger partial charge < -0.3 is 4.74 Å². The molecule has 1 amide bonds. The Labute approximate surface area is 161 Å². The van der Waals surface area contributed by atoms with Gasteiger partial charge in [-0.3, -0.25) is 14.9 Å². The topological polar surface area (TPSA) is 85.0 Å². The van der Waals surface area contributed by atoms with Gasteiger partial charge in [-0.1, -0.05) is 29.8 Å². The minimum Gasteiger partial charge on any atom is -0.446 e. The van der Waals surface area contributed by atoms with Crippen molar-refractivity contribution in [3.8, 4) is 0 Å². The molecule has 25 heavy (non-hydrogen) atoms. The monoisotopic (exact) mass is 471 g/mol. The van der Waals surface area contributed by atoms with E-state index in [1.54, 1.807) is 6.07 Å². The fourth-order valence-electron chi connectivity index (χ4n) is 2.35. The summed E-state index contributed by atoms with van der Waals surface area (Å²) in [5.74, 6) is -0.0636. The second kappa shape index (κ2) is 6.96. The number of amides is 1. The van der Waals surface area contributed by atoms with E-state index in [1.807, 2.05) is 24.3 Å². The minimum atomic E-state index is -0.889. The van der Waals surface area contributed by atoms with Crippen LogP contribution in [0, 0.1) is 13.7 Å². The lowest BCUT2D eigenvalue weighted by Gasteiger charge is -2.19. The first-order valence-electron chi connectivity index (χ1n) is 7.12. The van der Waals surface area contributed by atoms with Crippen molar-refractivity contribution in [3.63, 3.8) is 0 Å². The average molecular weight is 472 g/mol. The quantitative estimate of drug-likeness (QED) is 0.383. The van der Waals surface area contributed by atoms with Crippen LogP contribution in [0.3, 0.4) is 0 Å². The van der Waals surface area contributed by atoms with Crippen LogP contribution >= 0.6 is 34.2 Å². The second-order valence-electron chi connectivity index (χ2n) is 5.19. The average Bonchev–Trinajstić information content (AvgIpc) is 3.01. The number of ether oxygens (including phenoxy) is 1. The van der Waals surface area contributed by atoms with Gasteiger partial charge in [0.15, 0.2) is 0 Å². The molecule has 1 aliphatic heterocycles. The van der Waals surface area contributed by atoms with Crippen LogP contribution in [-0.4, -0.2) is 21.7 Å². The first kappa shape index (κ1) is 17.6. The zero-order valence-electron chi connectivity index (χ0n) is 12.8. The van der Waals surface area contributed by atoms with E-state index >= 15 is 0 Å². The standard InChI is InChI=1S/C16H11ClIN3O4/c1-9(22)20-16(10-6-7-12(17)14(8-10)21(23)24)25-15(19-20)11-4-2-3-5-13(11)18/h2-8,16H,1H3. The third kappa shape index (κ3) is 3.45. The molecule has 2 aromatic rings. The fraction of sp³-hybridized carbons (Fsp3) is 0.125. The maximum atomic E-state index is 12.0. The summed E-state index contributed by atoms with van der Waals surface area (Å²) in [6.07, 6.45) is -0.889. The van der Waals surface area contributed by atoms with Crippen LogP contribution in [0.25, 0.3) is 0 Å². The lowest BCUT2D eigenvalue weighted by molar-refractivity contribution is -0.384. The lowest BCUT2D eigenvalue weighted by Crippen LogP contribution is -2.25.